The SMILES string of the molecule is COC(=O)C(C)C(C)Sc1n[nH]c(C)n1. The molecule has 0 bridgehead atoms. The number of methoxy groups -OCH3 is 1. The van der Waals surface area contributed by atoms with Crippen molar-refractivity contribution in [3.63, 3.8) is 0 Å². The fourth-order valence-electron chi connectivity index (χ4n) is 1.02. The Morgan fingerprint density at radius 2 is 2.20 bits per heavy atom. The summed E-state index contributed by atoms with van der Waals surface area (Å²) in [5.41, 5.74) is 0. The van der Waals surface area contributed by atoms with Crippen molar-refractivity contribution < 1.29 is 9.53 Å². The number of rotatable bonds is 4. The molecule has 15 heavy (non-hydrogen) atoms. The first-order valence-electron chi connectivity index (χ1n) is 4.68. The third-order valence-electron chi connectivity index (χ3n) is 2.15. The summed E-state index contributed by atoms with van der Waals surface area (Å²) in [4.78, 5) is 15.4. The van der Waals surface area contributed by atoms with Crippen LogP contribution in [0, 0.1) is 12.8 Å². The molecule has 1 aromatic rings. The third-order valence-corrected chi connectivity index (χ3v) is 3.32. The summed E-state index contributed by atoms with van der Waals surface area (Å²) in [6.07, 6.45) is 0. The molecule has 1 N–H and O–H groups in total. The smallest absolute Gasteiger partial charge is 0.309 e. The van der Waals surface area contributed by atoms with Crippen LogP contribution >= 0.6 is 11.8 Å². The number of ether oxygens (including phenoxy) is 1. The predicted molar refractivity (Wildman–Crippen MR) is 57.6 cm³/mol. The molecule has 5 nitrogen and oxygen atoms in total. The van der Waals surface area contributed by atoms with Gasteiger partial charge in [0, 0.05) is 5.25 Å². The first kappa shape index (κ1) is 12.0. The van der Waals surface area contributed by atoms with Gasteiger partial charge in [-0.25, -0.2) is 4.98 Å². The van der Waals surface area contributed by atoms with Crippen molar-refractivity contribution in [2.75, 3.05) is 7.11 Å². The van der Waals surface area contributed by atoms with E-state index in [2.05, 4.69) is 19.9 Å². The van der Waals surface area contributed by atoms with Crippen LogP contribution in [-0.2, 0) is 9.53 Å². The summed E-state index contributed by atoms with van der Waals surface area (Å²) in [6.45, 7) is 5.63. The van der Waals surface area contributed by atoms with Gasteiger partial charge in [0.1, 0.15) is 5.82 Å². The van der Waals surface area contributed by atoms with Gasteiger partial charge >= 0.3 is 5.97 Å². The van der Waals surface area contributed by atoms with Crippen molar-refractivity contribution in [3.8, 4) is 0 Å². The molecule has 0 radical (unpaired) electrons. The minimum atomic E-state index is -0.206. The maximum absolute atomic E-state index is 11.3. The summed E-state index contributed by atoms with van der Waals surface area (Å²) < 4.78 is 4.68. The molecule has 0 spiro atoms. The standard InChI is InChI=1S/C9H15N3O2S/c1-5(8(13)14-4)6(2)15-9-10-7(3)11-12-9/h5-6H,1-4H3,(H,10,11,12). The molecule has 1 heterocycles. The molecule has 2 atom stereocenters. The molecule has 0 saturated heterocycles. The number of H-pyrrole nitrogens is 1. The molecule has 1 rings (SSSR count). The lowest BCUT2D eigenvalue weighted by atomic mass is 10.1. The summed E-state index contributed by atoms with van der Waals surface area (Å²) in [5.74, 6) is 0.400. The third kappa shape index (κ3) is 3.23. The van der Waals surface area contributed by atoms with Crippen molar-refractivity contribution in [2.24, 2.45) is 5.92 Å². The van der Waals surface area contributed by atoms with Gasteiger partial charge in [0.2, 0.25) is 5.16 Å². The molecular weight excluding hydrogens is 214 g/mol. The second-order valence-electron chi connectivity index (χ2n) is 3.34. The zero-order valence-electron chi connectivity index (χ0n) is 9.27. The van der Waals surface area contributed by atoms with Crippen LogP contribution < -0.4 is 0 Å². The van der Waals surface area contributed by atoms with Crippen molar-refractivity contribution in [2.45, 2.75) is 31.2 Å². The number of nitrogens with zero attached hydrogens (tertiary/aromatic N) is 2. The highest BCUT2D eigenvalue weighted by Crippen LogP contribution is 2.25. The Labute approximate surface area is 93.0 Å². The van der Waals surface area contributed by atoms with Crippen LogP contribution in [0.2, 0.25) is 0 Å². The molecule has 1 aromatic heterocycles. The first-order valence-corrected chi connectivity index (χ1v) is 5.56. The Hall–Kier alpha value is -1.04. The fourth-order valence-corrected chi connectivity index (χ4v) is 1.96. The molecule has 0 aromatic carbocycles. The Morgan fingerprint density at radius 1 is 1.53 bits per heavy atom. The van der Waals surface area contributed by atoms with Gasteiger partial charge in [-0.3, -0.25) is 9.89 Å². The second-order valence-corrected chi connectivity index (χ2v) is 4.68. The summed E-state index contributed by atoms with van der Waals surface area (Å²) in [5, 5.41) is 7.51. The van der Waals surface area contributed by atoms with Crippen molar-refractivity contribution >= 4 is 17.7 Å². The summed E-state index contributed by atoms with van der Waals surface area (Å²) in [7, 11) is 1.40. The van der Waals surface area contributed by atoms with Crippen LogP contribution in [0.1, 0.15) is 19.7 Å². The summed E-state index contributed by atoms with van der Waals surface area (Å²) >= 11 is 1.46. The van der Waals surface area contributed by atoms with E-state index >= 15 is 0 Å². The van der Waals surface area contributed by atoms with E-state index in [0.717, 1.165) is 5.82 Å². The van der Waals surface area contributed by atoms with Gasteiger partial charge in [0.25, 0.3) is 0 Å². The Kier molecular flexibility index (Phi) is 4.14. The highest BCUT2D eigenvalue weighted by atomic mass is 32.2. The van der Waals surface area contributed by atoms with Gasteiger partial charge in [0.05, 0.1) is 13.0 Å². The lowest BCUT2D eigenvalue weighted by Gasteiger charge is -2.14. The van der Waals surface area contributed by atoms with E-state index in [9.17, 15) is 4.79 Å². The molecule has 0 aliphatic heterocycles. The van der Waals surface area contributed by atoms with Crippen molar-refractivity contribution in [1.29, 1.82) is 0 Å². The summed E-state index contributed by atoms with van der Waals surface area (Å²) in [6, 6.07) is 0. The van der Waals surface area contributed by atoms with Crippen LogP contribution in [0.5, 0.6) is 0 Å². The van der Waals surface area contributed by atoms with Crippen LogP contribution in [0.3, 0.4) is 0 Å². The number of nitrogens with one attached hydrogen (secondary N) is 1. The van der Waals surface area contributed by atoms with Gasteiger partial charge in [-0.2, -0.15) is 0 Å². The van der Waals surface area contributed by atoms with E-state index < -0.39 is 0 Å². The van der Waals surface area contributed by atoms with Gasteiger partial charge < -0.3 is 4.74 Å². The van der Waals surface area contributed by atoms with E-state index in [1.54, 1.807) is 0 Å². The zero-order valence-corrected chi connectivity index (χ0v) is 10.1. The van der Waals surface area contributed by atoms with Crippen molar-refractivity contribution in [3.05, 3.63) is 5.82 Å². The predicted octanol–water partition coefficient (Wildman–Crippen LogP) is 1.40. The topological polar surface area (TPSA) is 67.9 Å². The number of esters is 1. The second kappa shape index (κ2) is 5.16. The van der Waals surface area contributed by atoms with Crippen LogP contribution in [-0.4, -0.2) is 33.5 Å². The van der Waals surface area contributed by atoms with Gasteiger partial charge in [-0.05, 0) is 6.92 Å². The quantitative estimate of drug-likeness (QED) is 0.624. The molecule has 0 saturated carbocycles. The van der Waals surface area contributed by atoms with Gasteiger partial charge in [-0.1, -0.05) is 25.6 Å². The van der Waals surface area contributed by atoms with E-state index in [1.165, 1.54) is 18.9 Å². The highest BCUT2D eigenvalue weighted by molar-refractivity contribution is 7.99. The Balaban J connectivity index is 2.55. The molecule has 0 aliphatic rings. The maximum atomic E-state index is 11.3. The number of aromatic amines is 1. The molecule has 0 amide bonds. The number of aryl methyl sites for hydroxylation is 1. The fraction of sp³-hybridized carbons (Fsp3) is 0.667. The molecule has 84 valence electrons. The molecule has 6 heteroatoms. The minimum Gasteiger partial charge on any atom is -0.469 e. The van der Waals surface area contributed by atoms with Crippen LogP contribution in [0.4, 0.5) is 0 Å². The number of aromatic nitrogens is 3. The normalized spacial score (nSPS) is 14.7. The van der Waals surface area contributed by atoms with E-state index in [0.29, 0.717) is 5.16 Å². The number of thioether (sulfide) groups is 1. The zero-order chi connectivity index (χ0) is 11.4. The van der Waals surface area contributed by atoms with E-state index in [-0.39, 0.29) is 17.1 Å². The highest BCUT2D eigenvalue weighted by Gasteiger charge is 2.22. The Bertz CT molecular complexity index is 340. The van der Waals surface area contributed by atoms with E-state index in [1.807, 2.05) is 20.8 Å². The minimum absolute atomic E-state index is 0.0904. The molecule has 0 aliphatic carbocycles. The number of carbonyl (C=O) groups excluding carboxylic acids is 1. The first-order chi connectivity index (χ1) is 7.04. The molecule has 0 fully saturated rings. The van der Waals surface area contributed by atoms with Gasteiger partial charge in [0.15, 0.2) is 0 Å². The van der Waals surface area contributed by atoms with Crippen LogP contribution in [0.15, 0.2) is 5.16 Å². The molecule has 2 unspecified atom stereocenters. The monoisotopic (exact) mass is 229 g/mol. The lowest BCUT2D eigenvalue weighted by Crippen LogP contribution is -2.22. The van der Waals surface area contributed by atoms with E-state index in [4.69, 9.17) is 0 Å². The largest absolute Gasteiger partial charge is 0.469 e. The van der Waals surface area contributed by atoms with Crippen molar-refractivity contribution in [1.82, 2.24) is 15.2 Å². The number of hydrogen-bond donors (Lipinski definition) is 1. The maximum Gasteiger partial charge on any atom is 0.309 e. The van der Waals surface area contributed by atoms with Gasteiger partial charge in [-0.15, -0.1) is 5.10 Å². The molecular formula is C9H15N3O2S. The Morgan fingerprint density at radius 3 is 2.67 bits per heavy atom. The number of carbonyl (C=O) groups is 1. The van der Waals surface area contributed by atoms with Crippen LogP contribution in [0.25, 0.3) is 0 Å². The average Bonchev–Trinajstić information content (AvgIpc) is 2.61. The lowest BCUT2D eigenvalue weighted by molar-refractivity contribution is -0.144. The number of hydrogen-bond acceptors (Lipinski definition) is 5. The average molecular weight is 229 g/mol.